The van der Waals surface area contributed by atoms with Gasteiger partial charge in [-0.25, -0.2) is 8.42 Å². The van der Waals surface area contributed by atoms with Crippen LogP contribution in [-0.2, 0) is 16.6 Å². The first kappa shape index (κ1) is 16.5. The topological polar surface area (TPSA) is 37.4 Å². The molecule has 0 radical (unpaired) electrons. The summed E-state index contributed by atoms with van der Waals surface area (Å²) in [4.78, 5) is 0. The first-order chi connectivity index (χ1) is 9.32. The summed E-state index contributed by atoms with van der Waals surface area (Å²) >= 11 is 13.7. The second-order valence-corrected chi connectivity index (χ2v) is 9.94. The predicted octanol–water partition coefficient (Wildman–Crippen LogP) is 4.75. The van der Waals surface area contributed by atoms with Gasteiger partial charge < -0.3 is 0 Å². The van der Waals surface area contributed by atoms with Crippen molar-refractivity contribution in [1.82, 2.24) is 4.31 Å². The summed E-state index contributed by atoms with van der Waals surface area (Å²) in [5, 5.41) is 0.405. The zero-order valence-corrected chi connectivity index (χ0v) is 15.9. The number of thiophene rings is 1. The second kappa shape index (κ2) is 6.46. The molecule has 0 fully saturated rings. The molecule has 0 atom stereocenters. The van der Waals surface area contributed by atoms with Gasteiger partial charge in [0.1, 0.15) is 4.21 Å². The molecule has 0 amide bonds. The Bertz CT molecular complexity index is 711. The highest BCUT2D eigenvalue weighted by Crippen LogP contribution is 2.36. The number of halogens is 3. The van der Waals surface area contributed by atoms with Gasteiger partial charge in [-0.3, -0.25) is 0 Å². The van der Waals surface area contributed by atoms with Crippen LogP contribution in [0.3, 0.4) is 0 Å². The van der Waals surface area contributed by atoms with E-state index in [9.17, 15) is 8.42 Å². The molecule has 2 aromatic rings. The van der Waals surface area contributed by atoms with Crippen LogP contribution in [0.4, 0.5) is 0 Å². The van der Waals surface area contributed by atoms with E-state index in [1.165, 1.54) is 10.4 Å². The van der Waals surface area contributed by atoms with Gasteiger partial charge in [0.05, 0.1) is 8.81 Å². The van der Waals surface area contributed by atoms with E-state index in [0.29, 0.717) is 8.81 Å². The maximum absolute atomic E-state index is 12.5. The zero-order chi connectivity index (χ0) is 14.9. The van der Waals surface area contributed by atoms with Crippen LogP contribution in [-0.4, -0.2) is 19.8 Å². The fourth-order valence-corrected chi connectivity index (χ4v) is 5.73. The Kier molecular flexibility index (Phi) is 5.31. The third-order valence-corrected chi connectivity index (χ3v) is 8.14. The molecular weight excluding hydrogens is 450 g/mol. The lowest BCUT2D eigenvalue weighted by Gasteiger charge is -2.16. The highest BCUT2D eigenvalue weighted by atomic mass is 79.9. The van der Waals surface area contributed by atoms with Crippen molar-refractivity contribution in [2.45, 2.75) is 10.8 Å². The Morgan fingerprint density at radius 1 is 1.30 bits per heavy atom. The summed E-state index contributed by atoms with van der Waals surface area (Å²) in [7, 11) is -1.99. The highest BCUT2D eigenvalue weighted by Gasteiger charge is 2.24. The lowest BCUT2D eigenvalue weighted by Crippen LogP contribution is -2.25. The fraction of sp³-hybridized carbons (Fsp3) is 0.167. The molecule has 0 bridgehead atoms. The number of rotatable bonds is 4. The average molecular weight is 460 g/mol. The van der Waals surface area contributed by atoms with E-state index in [1.807, 2.05) is 24.3 Å². The third-order valence-electron chi connectivity index (χ3n) is 2.64. The summed E-state index contributed by atoms with van der Waals surface area (Å²) in [6.45, 7) is 0.289. The SMILES string of the molecule is CN(Cc1ccccc1Br)S(=O)(=O)c1cc(Cl)c(Br)s1. The molecule has 8 heteroatoms. The van der Waals surface area contributed by atoms with Crippen LogP contribution in [0, 0.1) is 0 Å². The van der Waals surface area contributed by atoms with Crippen molar-refractivity contribution in [2.75, 3.05) is 7.05 Å². The Hall–Kier alpha value is 0.0800. The van der Waals surface area contributed by atoms with Crippen LogP contribution < -0.4 is 0 Å². The van der Waals surface area contributed by atoms with Crippen molar-refractivity contribution < 1.29 is 8.42 Å². The Morgan fingerprint density at radius 3 is 2.50 bits per heavy atom. The highest BCUT2D eigenvalue weighted by molar-refractivity contribution is 9.11. The Morgan fingerprint density at radius 2 is 1.95 bits per heavy atom. The van der Waals surface area contributed by atoms with Crippen LogP contribution in [0.15, 0.2) is 42.8 Å². The minimum Gasteiger partial charge on any atom is -0.206 e. The quantitative estimate of drug-likeness (QED) is 0.662. The normalized spacial score (nSPS) is 12.1. The van der Waals surface area contributed by atoms with Crippen molar-refractivity contribution in [1.29, 1.82) is 0 Å². The van der Waals surface area contributed by atoms with E-state index in [1.54, 1.807) is 7.05 Å². The molecule has 0 unspecified atom stereocenters. The second-order valence-electron chi connectivity index (χ2n) is 4.04. The Balaban J connectivity index is 2.28. The molecule has 0 aliphatic carbocycles. The summed E-state index contributed by atoms with van der Waals surface area (Å²) in [6, 6.07) is 8.99. The van der Waals surface area contributed by atoms with Crippen molar-refractivity contribution in [3.63, 3.8) is 0 Å². The first-order valence-electron chi connectivity index (χ1n) is 5.47. The van der Waals surface area contributed by atoms with E-state index in [0.717, 1.165) is 21.4 Å². The molecule has 1 aromatic carbocycles. The van der Waals surface area contributed by atoms with Crippen molar-refractivity contribution in [3.8, 4) is 0 Å². The molecule has 0 spiro atoms. The number of sulfonamides is 1. The lowest BCUT2D eigenvalue weighted by atomic mass is 10.2. The van der Waals surface area contributed by atoms with Gasteiger partial charge in [0.2, 0.25) is 0 Å². The van der Waals surface area contributed by atoms with Gasteiger partial charge in [0, 0.05) is 18.1 Å². The third kappa shape index (κ3) is 3.45. The summed E-state index contributed by atoms with van der Waals surface area (Å²) < 4.78 is 27.9. The van der Waals surface area contributed by atoms with Crippen molar-refractivity contribution in [3.05, 3.63) is 49.2 Å². The van der Waals surface area contributed by atoms with E-state index in [2.05, 4.69) is 31.9 Å². The molecule has 20 heavy (non-hydrogen) atoms. The van der Waals surface area contributed by atoms with Crippen LogP contribution in [0.1, 0.15) is 5.56 Å². The lowest BCUT2D eigenvalue weighted by molar-refractivity contribution is 0.468. The fourth-order valence-electron chi connectivity index (χ4n) is 1.56. The van der Waals surface area contributed by atoms with Crippen LogP contribution in [0.2, 0.25) is 5.02 Å². The molecule has 0 aliphatic rings. The summed E-state index contributed by atoms with van der Waals surface area (Å²) in [5.41, 5.74) is 0.903. The molecule has 0 saturated carbocycles. The van der Waals surface area contributed by atoms with Crippen LogP contribution >= 0.6 is 54.8 Å². The maximum Gasteiger partial charge on any atom is 0.252 e. The van der Waals surface area contributed by atoms with Gasteiger partial charge in [-0.15, -0.1) is 11.3 Å². The molecule has 1 aromatic heterocycles. The van der Waals surface area contributed by atoms with Gasteiger partial charge >= 0.3 is 0 Å². The molecule has 2 rings (SSSR count). The smallest absolute Gasteiger partial charge is 0.206 e. The van der Waals surface area contributed by atoms with Crippen molar-refractivity contribution >= 4 is 64.8 Å². The van der Waals surface area contributed by atoms with Gasteiger partial charge in [-0.05, 0) is 33.6 Å². The van der Waals surface area contributed by atoms with E-state index < -0.39 is 10.0 Å². The van der Waals surface area contributed by atoms with Gasteiger partial charge in [0.15, 0.2) is 0 Å². The van der Waals surface area contributed by atoms with E-state index in [-0.39, 0.29) is 10.8 Å². The minimum absolute atomic E-state index is 0.226. The standard InChI is InChI=1S/C12H10Br2ClNO2S2/c1-16(7-8-4-2-3-5-9(8)13)20(17,18)11-6-10(15)12(14)19-11/h2-6H,7H2,1H3. The maximum atomic E-state index is 12.5. The minimum atomic E-state index is -3.54. The number of hydrogen-bond acceptors (Lipinski definition) is 3. The van der Waals surface area contributed by atoms with Crippen LogP contribution in [0.25, 0.3) is 0 Å². The molecule has 1 heterocycles. The average Bonchev–Trinajstić information content (AvgIpc) is 2.73. The number of hydrogen-bond donors (Lipinski definition) is 0. The molecule has 0 saturated heterocycles. The first-order valence-corrected chi connectivity index (χ1v) is 9.69. The van der Waals surface area contributed by atoms with E-state index in [4.69, 9.17) is 11.6 Å². The van der Waals surface area contributed by atoms with Crippen molar-refractivity contribution in [2.24, 2.45) is 0 Å². The monoisotopic (exact) mass is 457 g/mol. The molecule has 0 aliphatic heterocycles. The molecule has 3 nitrogen and oxygen atoms in total. The van der Waals surface area contributed by atoms with Gasteiger partial charge in [0.25, 0.3) is 10.0 Å². The van der Waals surface area contributed by atoms with Gasteiger partial charge in [-0.2, -0.15) is 4.31 Å². The predicted molar refractivity (Wildman–Crippen MR) is 89.8 cm³/mol. The number of benzene rings is 1. The van der Waals surface area contributed by atoms with Crippen LogP contribution in [0.5, 0.6) is 0 Å². The number of nitrogens with zero attached hydrogens (tertiary/aromatic N) is 1. The molecular formula is C12H10Br2ClNO2S2. The molecule has 108 valence electrons. The molecule has 0 N–H and O–H groups in total. The largest absolute Gasteiger partial charge is 0.252 e. The summed E-state index contributed by atoms with van der Waals surface area (Å²) in [5.74, 6) is 0. The van der Waals surface area contributed by atoms with E-state index >= 15 is 0 Å². The Labute approximate surface area is 143 Å². The zero-order valence-electron chi connectivity index (χ0n) is 10.3. The van der Waals surface area contributed by atoms with Gasteiger partial charge in [-0.1, -0.05) is 45.7 Å². The summed E-state index contributed by atoms with van der Waals surface area (Å²) in [6.07, 6.45) is 0.